The monoisotopic (exact) mass is 550 g/mol. The fraction of sp³-hybridized carbons (Fsp3) is 0.273. The molecule has 1 aliphatic heterocycles. The Morgan fingerprint density at radius 2 is 1.84 bits per heavy atom. The molecule has 0 saturated carbocycles. The molecule has 4 aromatic heterocycles. The van der Waals surface area contributed by atoms with Gasteiger partial charge in [-0.3, -0.25) is 19.3 Å². The second-order valence-corrected chi connectivity index (χ2v) is 9.30. The first-order valence-corrected chi connectivity index (χ1v) is 11.8. The molecule has 0 radical (unpaired) electrons. The number of hydrogen-bond acceptors (Lipinski definition) is 8. The van der Waals surface area contributed by atoms with Crippen LogP contribution in [-0.2, 0) is 16.6 Å². The van der Waals surface area contributed by atoms with Crippen LogP contribution in [0.15, 0.2) is 37.1 Å². The molecule has 0 aromatic carbocycles. The van der Waals surface area contributed by atoms with E-state index in [0.717, 1.165) is 15.3 Å². The fourth-order valence-electron chi connectivity index (χ4n) is 3.26. The molecule has 1 fully saturated rings. The summed E-state index contributed by atoms with van der Waals surface area (Å²) in [6, 6.07) is 1.72. The summed E-state index contributed by atoms with van der Waals surface area (Å²) >= 11 is 1.47. The van der Waals surface area contributed by atoms with E-state index in [9.17, 15) is 22.8 Å². The maximum atomic E-state index is 13.0. The van der Waals surface area contributed by atoms with Gasteiger partial charge < -0.3 is 21.1 Å². The van der Waals surface area contributed by atoms with Gasteiger partial charge in [-0.2, -0.15) is 23.4 Å². The number of aryl methyl sites for hydroxylation is 2. The number of thiazole rings is 1. The number of alkyl halides is 3. The van der Waals surface area contributed by atoms with Crippen LogP contribution in [-0.4, -0.2) is 66.5 Å². The number of anilines is 2. The number of nitrogens with zero attached hydrogens (tertiary/aromatic N) is 5. The Balaban J connectivity index is 0.000000426. The van der Waals surface area contributed by atoms with Crippen molar-refractivity contribution < 1.29 is 32.7 Å². The van der Waals surface area contributed by atoms with Crippen LogP contribution >= 0.6 is 11.3 Å². The third-order valence-electron chi connectivity index (χ3n) is 5.43. The first kappa shape index (κ1) is 26.7. The van der Waals surface area contributed by atoms with Gasteiger partial charge in [-0.05, 0) is 13.0 Å². The summed E-state index contributed by atoms with van der Waals surface area (Å²) in [5, 5.41) is 24.5. The van der Waals surface area contributed by atoms with Crippen molar-refractivity contribution in [3.8, 4) is 10.4 Å². The number of nitrogens with one attached hydrogen (secondary N) is 3. The van der Waals surface area contributed by atoms with Crippen molar-refractivity contribution in [3.63, 3.8) is 0 Å². The zero-order chi connectivity index (χ0) is 27.6. The van der Waals surface area contributed by atoms with Crippen molar-refractivity contribution in [1.29, 1.82) is 0 Å². The van der Waals surface area contributed by atoms with Crippen molar-refractivity contribution >= 4 is 45.3 Å². The largest absolute Gasteiger partial charge is 0.490 e. The lowest BCUT2D eigenvalue weighted by atomic mass is 10.0. The Morgan fingerprint density at radius 1 is 1.13 bits per heavy atom. The average molecular weight is 551 g/mol. The molecule has 5 rings (SSSR count). The Kier molecular flexibility index (Phi) is 7.45. The SMILES string of the molecule is Cc1ncc(NC(=O)C2CNC2)cc1NC(=O)c1cnn2cc(-c3cnn(C)c3)sc12.O=C(O)C(F)(F)F. The lowest BCUT2D eigenvalue weighted by Gasteiger charge is -2.25. The fourth-order valence-corrected chi connectivity index (χ4v) is 4.29. The highest BCUT2D eigenvalue weighted by molar-refractivity contribution is 7.21. The standard InChI is InChI=1S/C20H20N8O2S.C2HF3O2/c1-11-16(3-14(7-22-11)25-18(29)12-4-21-5-12)26-19(30)15-8-24-28-10-17(31-20(15)28)13-6-23-27(2)9-13;3-2(4,5)1(6)7/h3,6-10,12,21H,4-5H2,1-2H3,(H,25,29)(H,26,30);(H,6,7). The van der Waals surface area contributed by atoms with E-state index < -0.39 is 12.1 Å². The van der Waals surface area contributed by atoms with Crippen LogP contribution in [0.5, 0.6) is 0 Å². The predicted octanol–water partition coefficient (Wildman–Crippen LogP) is 2.54. The summed E-state index contributed by atoms with van der Waals surface area (Å²) in [6.45, 7) is 3.15. The molecule has 12 nitrogen and oxygen atoms in total. The Bertz CT molecular complexity index is 1510. The molecule has 0 atom stereocenters. The van der Waals surface area contributed by atoms with Gasteiger partial charge in [0.25, 0.3) is 5.91 Å². The number of rotatable bonds is 5. The maximum absolute atomic E-state index is 13.0. The molecule has 0 spiro atoms. The minimum Gasteiger partial charge on any atom is -0.475 e. The minimum atomic E-state index is -5.08. The van der Waals surface area contributed by atoms with Crippen molar-refractivity contribution in [3.05, 3.63) is 48.3 Å². The number of fused-ring (bicyclic) bond motifs is 1. The Labute approximate surface area is 216 Å². The number of aliphatic carboxylic acids is 1. The van der Waals surface area contributed by atoms with Crippen LogP contribution in [0.2, 0.25) is 0 Å². The van der Waals surface area contributed by atoms with Gasteiger partial charge in [0.2, 0.25) is 5.91 Å². The third-order valence-corrected chi connectivity index (χ3v) is 6.59. The van der Waals surface area contributed by atoms with E-state index in [0.29, 0.717) is 35.7 Å². The Hall–Kier alpha value is -4.31. The molecule has 0 unspecified atom stereocenters. The van der Waals surface area contributed by atoms with Gasteiger partial charge in [-0.15, -0.1) is 11.3 Å². The number of pyridine rings is 1. The quantitative estimate of drug-likeness (QED) is 0.296. The number of halogens is 3. The molecular formula is C22H21F3N8O4S. The molecule has 1 saturated heterocycles. The number of amides is 2. The maximum Gasteiger partial charge on any atom is 0.490 e. The highest BCUT2D eigenvalue weighted by atomic mass is 32.1. The molecule has 2 amide bonds. The summed E-state index contributed by atoms with van der Waals surface area (Å²) < 4.78 is 35.2. The van der Waals surface area contributed by atoms with Crippen molar-refractivity contribution in [2.75, 3.05) is 23.7 Å². The third kappa shape index (κ3) is 5.97. The predicted molar refractivity (Wildman–Crippen MR) is 131 cm³/mol. The van der Waals surface area contributed by atoms with Crippen molar-refractivity contribution in [2.45, 2.75) is 13.1 Å². The lowest BCUT2D eigenvalue weighted by Crippen LogP contribution is -2.48. The number of carboxylic acids is 1. The smallest absolute Gasteiger partial charge is 0.475 e. The molecule has 16 heteroatoms. The summed E-state index contributed by atoms with van der Waals surface area (Å²) in [7, 11) is 1.86. The van der Waals surface area contributed by atoms with Crippen LogP contribution < -0.4 is 16.0 Å². The molecular weight excluding hydrogens is 529 g/mol. The highest BCUT2D eigenvalue weighted by Gasteiger charge is 2.38. The van der Waals surface area contributed by atoms with Gasteiger partial charge in [0.1, 0.15) is 4.83 Å². The second-order valence-electron chi connectivity index (χ2n) is 8.26. The normalized spacial score (nSPS) is 13.4. The van der Waals surface area contributed by atoms with E-state index in [4.69, 9.17) is 9.90 Å². The van der Waals surface area contributed by atoms with E-state index in [-0.39, 0.29) is 17.7 Å². The molecule has 4 N–H and O–H groups in total. The molecule has 1 aliphatic rings. The van der Waals surface area contributed by atoms with Gasteiger partial charge in [0.05, 0.1) is 52.0 Å². The topological polar surface area (TPSA) is 156 Å². The van der Waals surface area contributed by atoms with E-state index >= 15 is 0 Å². The zero-order valence-corrected chi connectivity index (χ0v) is 20.7. The number of hydrogen-bond donors (Lipinski definition) is 4. The molecule has 38 heavy (non-hydrogen) atoms. The van der Waals surface area contributed by atoms with E-state index in [1.165, 1.54) is 11.3 Å². The Morgan fingerprint density at radius 3 is 2.42 bits per heavy atom. The first-order chi connectivity index (χ1) is 17.9. The van der Waals surface area contributed by atoms with Crippen LogP contribution in [0.4, 0.5) is 24.5 Å². The second kappa shape index (κ2) is 10.6. The first-order valence-electron chi connectivity index (χ1n) is 11.0. The van der Waals surface area contributed by atoms with Gasteiger partial charge in [-0.25, -0.2) is 9.31 Å². The molecule has 200 valence electrons. The zero-order valence-electron chi connectivity index (χ0n) is 19.9. The van der Waals surface area contributed by atoms with E-state index in [2.05, 4.69) is 31.1 Å². The van der Waals surface area contributed by atoms with Crippen LogP contribution in [0.1, 0.15) is 16.1 Å². The number of aromatic nitrogens is 5. The summed E-state index contributed by atoms with van der Waals surface area (Å²) in [4.78, 5) is 40.1. The molecule has 0 aliphatic carbocycles. The van der Waals surface area contributed by atoms with Gasteiger partial charge in [0.15, 0.2) is 0 Å². The summed E-state index contributed by atoms with van der Waals surface area (Å²) in [5.41, 5.74) is 3.18. The van der Waals surface area contributed by atoms with E-state index in [1.54, 1.807) is 40.8 Å². The van der Waals surface area contributed by atoms with Crippen LogP contribution in [0, 0.1) is 12.8 Å². The van der Waals surface area contributed by atoms with Crippen LogP contribution in [0.3, 0.4) is 0 Å². The van der Waals surface area contributed by atoms with Crippen LogP contribution in [0.25, 0.3) is 15.3 Å². The number of carboxylic acid groups (broad SMARTS) is 1. The van der Waals surface area contributed by atoms with Crippen molar-refractivity contribution in [1.82, 2.24) is 29.7 Å². The average Bonchev–Trinajstić information content (AvgIpc) is 3.50. The lowest BCUT2D eigenvalue weighted by molar-refractivity contribution is -0.192. The number of carbonyl (C=O) groups is 3. The molecule has 5 heterocycles. The molecule has 0 bridgehead atoms. The van der Waals surface area contributed by atoms with Crippen molar-refractivity contribution in [2.24, 2.45) is 13.0 Å². The van der Waals surface area contributed by atoms with Gasteiger partial charge in [0, 0.05) is 38.1 Å². The number of carbonyl (C=O) groups excluding carboxylic acids is 2. The highest BCUT2D eigenvalue weighted by Crippen LogP contribution is 2.30. The van der Waals surface area contributed by atoms with Gasteiger partial charge >= 0.3 is 12.1 Å². The van der Waals surface area contributed by atoms with Gasteiger partial charge in [-0.1, -0.05) is 0 Å². The van der Waals surface area contributed by atoms with E-state index in [1.807, 2.05) is 19.4 Å². The minimum absolute atomic E-state index is 0.0344. The summed E-state index contributed by atoms with van der Waals surface area (Å²) in [6.07, 6.45) is 3.63. The molecule has 4 aromatic rings. The summed E-state index contributed by atoms with van der Waals surface area (Å²) in [5.74, 6) is -3.13.